The van der Waals surface area contributed by atoms with Crippen LogP contribution >= 0.6 is 27.5 Å². The molecular weight excluding hydrogens is 484 g/mol. The molecule has 9 heteroatoms. The first-order chi connectivity index (χ1) is 15.0. The molecule has 0 bridgehead atoms. The predicted octanol–water partition coefficient (Wildman–Crippen LogP) is 5.01. The molecule has 0 aliphatic carbocycles. The Labute approximate surface area is 193 Å². The van der Waals surface area contributed by atoms with Gasteiger partial charge in [-0.3, -0.25) is 9.69 Å². The Kier molecular flexibility index (Phi) is 6.89. The number of anilines is 1. The van der Waals surface area contributed by atoms with E-state index in [1.807, 2.05) is 24.3 Å². The number of methoxy groups -OCH3 is 1. The summed E-state index contributed by atoms with van der Waals surface area (Å²) < 4.78 is 11.7. The zero-order valence-corrected chi connectivity index (χ0v) is 19.3. The number of rotatable bonds is 6. The van der Waals surface area contributed by atoms with Crippen molar-refractivity contribution in [2.24, 2.45) is 5.92 Å². The zero-order valence-electron chi connectivity index (χ0n) is 17.0. The number of ether oxygens (including phenoxy) is 1. The van der Waals surface area contributed by atoms with E-state index in [0.29, 0.717) is 34.7 Å². The number of carbonyl (C=O) groups is 1. The van der Waals surface area contributed by atoms with E-state index in [4.69, 9.17) is 20.9 Å². The fraction of sp³-hybridized carbons (Fsp3) is 0.318. The van der Waals surface area contributed by atoms with Crippen LogP contribution in [0.15, 0.2) is 51.5 Å². The van der Waals surface area contributed by atoms with E-state index in [1.54, 1.807) is 25.3 Å². The number of aromatic nitrogens is 2. The Morgan fingerprint density at radius 1 is 1.29 bits per heavy atom. The summed E-state index contributed by atoms with van der Waals surface area (Å²) in [4.78, 5) is 19.5. The van der Waals surface area contributed by atoms with E-state index in [9.17, 15) is 4.79 Å². The van der Waals surface area contributed by atoms with Gasteiger partial charge in [-0.05, 0) is 56.3 Å². The predicted molar refractivity (Wildman–Crippen MR) is 122 cm³/mol. The van der Waals surface area contributed by atoms with Crippen molar-refractivity contribution < 1.29 is 14.1 Å². The standard InChI is InChI=1S/C22H22BrClN4O3/c1-30-19-6-5-17(24)12-18(19)25-22(29)14-7-9-28(10-8-14)13-20-26-21(27-31-20)15-3-2-4-16(23)11-15/h2-6,11-12,14H,7-10,13H2,1H3,(H,25,29). The van der Waals surface area contributed by atoms with Gasteiger partial charge in [0, 0.05) is 21.0 Å². The number of hydrogen-bond donors (Lipinski definition) is 1. The largest absolute Gasteiger partial charge is 0.495 e. The Morgan fingerprint density at radius 2 is 2.10 bits per heavy atom. The fourth-order valence-corrected chi connectivity index (χ4v) is 4.19. The second kappa shape index (κ2) is 9.80. The third-order valence-corrected chi connectivity index (χ3v) is 6.02. The first-order valence-corrected chi connectivity index (χ1v) is 11.1. The van der Waals surface area contributed by atoms with Gasteiger partial charge in [-0.2, -0.15) is 4.98 Å². The number of likely N-dealkylation sites (tertiary alicyclic amines) is 1. The third kappa shape index (κ3) is 5.44. The molecule has 1 saturated heterocycles. The molecular formula is C22H22BrClN4O3. The molecule has 1 aliphatic rings. The monoisotopic (exact) mass is 504 g/mol. The highest BCUT2D eigenvalue weighted by atomic mass is 79.9. The van der Waals surface area contributed by atoms with E-state index < -0.39 is 0 Å². The molecule has 0 saturated carbocycles. The molecule has 0 unspecified atom stereocenters. The van der Waals surface area contributed by atoms with Crippen LogP contribution in [0.25, 0.3) is 11.4 Å². The molecule has 1 aromatic heterocycles. The highest BCUT2D eigenvalue weighted by Crippen LogP contribution is 2.29. The minimum atomic E-state index is -0.0696. The van der Waals surface area contributed by atoms with Crippen LogP contribution in [0.5, 0.6) is 5.75 Å². The van der Waals surface area contributed by atoms with Crippen LogP contribution in [-0.4, -0.2) is 41.1 Å². The average Bonchev–Trinajstić information content (AvgIpc) is 3.23. The van der Waals surface area contributed by atoms with Crippen LogP contribution in [0.4, 0.5) is 5.69 Å². The third-order valence-electron chi connectivity index (χ3n) is 5.29. The summed E-state index contributed by atoms with van der Waals surface area (Å²) in [5.41, 5.74) is 1.49. The molecule has 1 N–H and O–H groups in total. The van der Waals surface area contributed by atoms with Gasteiger partial charge < -0.3 is 14.6 Å². The van der Waals surface area contributed by atoms with Crippen LogP contribution in [0.2, 0.25) is 5.02 Å². The number of carbonyl (C=O) groups excluding carboxylic acids is 1. The number of piperidine rings is 1. The fourth-order valence-electron chi connectivity index (χ4n) is 3.62. The maximum Gasteiger partial charge on any atom is 0.241 e. The molecule has 0 atom stereocenters. The van der Waals surface area contributed by atoms with Gasteiger partial charge >= 0.3 is 0 Å². The molecule has 1 fully saturated rings. The van der Waals surface area contributed by atoms with Crippen LogP contribution in [0, 0.1) is 5.92 Å². The second-order valence-corrected chi connectivity index (χ2v) is 8.76. The molecule has 1 amide bonds. The van der Waals surface area contributed by atoms with Crippen LogP contribution < -0.4 is 10.1 Å². The molecule has 3 aromatic rings. The Hall–Kier alpha value is -2.42. The van der Waals surface area contributed by atoms with Gasteiger partial charge in [0.2, 0.25) is 17.6 Å². The minimum Gasteiger partial charge on any atom is -0.495 e. The van der Waals surface area contributed by atoms with Gasteiger partial charge in [-0.1, -0.05) is 44.8 Å². The lowest BCUT2D eigenvalue weighted by molar-refractivity contribution is -0.121. The topological polar surface area (TPSA) is 80.5 Å². The Balaban J connectivity index is 1.31. The summed E-state index contributed by atoms with van der Waals surface area (Å²) >= 11 is 9.51. The van der Waals surface area contributed by atoms with Gasteiger partial charge in [0.05, 0.1) is 19.3 Å². The summed E-state index contributed by atoms with van der Waals surface area (Å²) in [5.74, 6) is 1.64. The molecule has 0 radical (unpaired) electrons. The van der Waals surface area contributed by atoms with Crippen molar-refractivity contribution in [2.75, 3.05) is 25.5 Å². The summed E-state index contributed by atoms with van der Waals surface area (Å²) in [6, 6.07) is 13.0. The summed E-state index contributed by atoms with van der Waals surface area (Å²) in [7, 11) is 1.57. The SMILES string of the molecule is COc1ccc(Cl)cc1NC(=O)C1CCN(Cc2nc(-c3cccc(Br)c3)no2)CC1. The molecule has 2 heterocycles. The van der Waals surface area contributed by atoms with Gasteiger partial charge in [0.25, 0.3) is 0 Å². The van der Waals surface area contributed by atoms with Crippen molar-refractivity contribution in [3.05, 3.63) is 57.9 Å². The number of amides is 1. The smallest absolute Gasteiger partial charge is 0.241 e. The summed E-state index contributed by atoms with van der Waals surface area (Å²) in [6.07, 6.45) is 1.50. The summed E-state index contributed by atoms with van der Waals surface area (Å²) in [6.45, 7) is 2.12. The molecule has 0 spiro atoms. The number of benzene rings is 2. The normalized spacial score (nSPS) is 15.1. The lowest BCUT2D eigenvalue weighted by Crippen LogP contribution is -2.37. The lowest BCUT2D eigenvalue weighted by Gasteiger charge is -2.30. The molecule has 4 rings (SSSR count). The second-order valence-electron chi connectivity index (χ2n) is 7.41. The van der Waals surface area contributed by atoms with Crippen molar-refractivity contribution in [1.82, 2.24) is 15.0 Å². The van der Waals surface area contributed by atoms with Crippen LogP contribution in [-0.2, 0) is 11.3 Å². The van der Waals surface area contributed by atoms with Crippen molar-refractivity contribution in [2.45, 2.75) is 19.4 Å². The molecule has 162 valence electrons. The number of nitrogens with one attached hydrogen (secondary N) is 1. The van der Waals surface area contributed by atoms with E-state index in [1.165, 1.54) is 0 Å². The van der Waals surface area contributed by atoms with E-state index in [0.717, 1.165) is 36.0 Å². The van der Waals surface area contributed by atoms with E-state index in [-0.39, 0.29) is 11.8 Å². The highest BCUT2D eigenvalue weighted by molar-refractivity contribution is 9.10. The van der Waals surface area contributed by atoms with E-state index >= 15 is 0 Å². The van der Waals surface area contributed by atoms with Crippen LogP contribution in [0.1, 0.15) is 18.7 Å². The lowest BCUT2D eigenvalue weighted by atomic mass is 9.96. The molecule has 1 aliphatic heterocycles. The Bertz CT molecular complexity index is 1070. The maximum atomic E-state index is 12.7. The number of halogens is 2. The quantitative estimate of drug-likeness (QED) is 0.507. The molecule has 31 heavy (non-hydrogen) atoms. The number of hydrogen-bond acceptors (Lipinski definition) is 6. The Morgan fingerprint density at radius 3 is 2.84 bits per heavy atom. The minimum absolute atomic E-state index is 0.0186. The maximum absolute atomic E-state index is 12.7. The van der Waals surface area contributed by atoms with E-state index in [2.05, 4.69) is 36.3 Å². The van der Waals surface area contributed by atoms with Crippen molar-refractivity contribution in [3.8, 4) is 17.1 Å². The molecule has 2 aromatic carbocycles. The van der Waals surface area contributed by atoms with Crippen molar-refractivity contribution >= 4 is 39.1 Å². The van der Waals surface area contributed by atoms with Crippen molar-refractivity contribution in [3.63, 3.8) is 0 Å². The van der Waals surface area contributed by atoms with Crippen LogP contribution in [0.3, 0.4) is 0 Å². The van der Waals surface area contributed by atoms with Gasteiger partial charge in [-0.25, -0.2) is 0 Å². The highest BCUT2D eigenvalue weighted by Gasteiger charge is 2.26. The number of nitrogens with zero attached hydrogens (tertiary/aromatic N) is 3. The molecule has 7 nitrogen and oxygen atoms in total. The van der Waals surface area contributed by atoms with Gasteiger partial charge in [0.1, 0.15) is 5.75 Å². The first kappa shape index (κ1) is 21.8. The first-order valence-electron chi connectivity index (χ1n) is 9.97. The average molecular weight is 506 g/mol. The zero-order chi connectivity index (χ0) is 21.8. The summed E-state index contributed by atoms with van der Waals surface area (Å²) in [5, 5.41) is 7.59. The van der Waals surface area contributed by atoms with Gasteiger partial charge in [-0.15, -0.1) is 0 Å². The van der Waals surface area contributed by atoms with Crippen molar-refractivity contribution in [1.29, 1.82) is 0 Å². The van der Waals surface area contributed by atoms with Gasteiger partial charge in [0.15, 0.2) is 0 Å².